The molecular weight excluding hydrogens is 312 g/mol. The van der Waals surface area contributed by atoms with Crippen LogP contribution in [0.4, 0.5) is 11.4 Å². The summed E-state index contributed by atoms with van der Waals surface area (Å²) in [6.07, 6.45) is 2.63. The van der Waals surface area contributed by atoms with Gasteiger partial charge in [-0.3, -0.25) is 0 Å². The zero-order valence-electron chi connectivity index (χ0n) is 11.5. The highest BCUT2D eigenvalue weighted by molar-refractivity contribution is 9.10. The maximum atomic E-state index is 3.50. The van der Waals surface area contributed by atoms with Crippen LogP contribution in [0.5, 0.6) is 0 Å². The van der Waals surface area contributed by atoms with Crippen LogP contribution in [0.1, 0.15) is 18.4 Å². The molecule has 1 aliphatic heterocycles. The lowest BCUT2D eigenvalue weighted by molar-refractivity contribution is 0.949. The Balaban J connectivity index is 1.65. The Morgan fingerprint density at radius 3 is 2.50 bits per heavy atom. The molecule has 0 bridgehead atoms. The smallest absolute Gasteiger partial charge is 0.0400 e. The number of hydrogen-bond acceptors (Lipinski definition) is 2. The van der Waals surface area contributed by atoms with Crippen molar-refractivity contribution in [2.45, 2.75) is 19.4 Å². The van der Waals surface area contributed by atoms with Crippen LogP contribution in [0.2, 0.25) is 0 Å². The first-order chi connectivity index (χ1) is 9.81. The van der Waals surface area contributed by atoms with E-state index in [1.54, 1.807) is 0 Å². The Morgan fingerprint density at radius 1 is 1.00 bits per heavy atom. The molecule has 0 aromatic heterocycles. The quantitative estimate of drug-likeness (QED) is 0.876. The maximum absolute atomic E-state index is 3.50. The Labute approximate surface area is 128 Å². The van der Waals surface area contributed by atoms with Crippen molar-refractivity contribution >= 4 is 27.3 Å². The summed E-state index contributed by atoms with van der Waals surface area (Å²) in [6, 6.07) is 17.2. The van der Waals surface area contributed by atoms with Gasteiger partial charge in [0.05, 0.1) is 0 Å². The van der Waals surface area contributed by atoms with Gasteiger partial charge in [-0.1, -0.05) is 34.1 Å². The zero-order chi connectivity index (χ0) is 13.8. The minimum Gasteiger partial charge on any atom is -0.381 e. The third-order valence-electron chi connectivity index (χ3n) is 3.73. The summed E-state index contributed by atoms with van der Waals surface area (Å²) in [7, 11) is 0. The zero-order valence-corrected chi connectivity index (χ0v) is 13.1. The normalized spacial score (nSPS) is 14.6. The van der Waals surface area contributed by atoms with Crippen LogP contribution < -0.4 is 10.2 Å². The highest BCUT2D eigenvalue weighted by Gasteiger charge is 2.12. The van der Waals surface area contributed by atoms with E-state index in [1.807, 2.05) is 0 Å². The molecule has 0 radical (unpaired) electrons. The molecule has 2 nitrogen and oxygen atoms in total. The fraction of sp³-hybridized carbons (Fsp3) is 0.294. The van der Waals surface area contributed by atoms with Crippen molar-refractivity contribution in [1.82, 2.24) is 0 Å². The molecule has 1 heterocycles. The molecule has 20 heavy (non-hydrogen) atoms. The highest BCUT2D eigenvalue weighted by atomic mass is 79.9. The molecule has 0 saturated carbocycles. The van der Waals surface area contributed by atoms with Crippen LogP contribution in [-0.4, -0.2) is 13.1 Å². The van der Waals surface area contributed by atoms with Crippen molar-refractivity contribution in [3.8, 4) is 0 Å². The summed E-state index contributed by atoms with van der Waals surface area (Å²) in [6.45, 7) is 3.24. The average Bonchev–Trinajstić information content (AvgIpc) is 3.01. The first kappa shape index (κ1) is 13.5. The molecular formula is C17H19BrN2. The van der Waals surface area contributed by atoms with E-state index in [0.717, 1.165) is 11.0 Å². The molecule has 0 unspecified atom stereocenters. The third kappa shape index (κ3) is 3.34. The van der Waals surface area contributed by atoms with Crippen molar-refractivity contribution < 1.29 is 0 Å². The highest BCUT2D eigenvalue weighted by Crippen LogP contribution is 2.23. The first-order valence-corrected chi connectivity index (χ1v) is 7.94. The molecule has 0 atom stereocenters. The van der Waals surface area contributed by atoms with Gasteiger partial charge in [-0.05, 0) is 48.7 Å². The summed E-state index contributed by atoms with van der Waals surface area (Å²) in [5.41, 5.74) is 3.82. The molecule has 1 aliphatic rings. The monoisotopic (exact) mass is 330 g/mol. The number of halogens is 1. The van der Waals surface area contributed by atoms with Crippen molar-refractivity contribution in [3.63, 3.8) is 0 Å². The molecule has 2 aromatic carbocycles. The Hall–Kier alpha value is -1.48. The van der Waals surface area contributed by atoms with Gasteiger partial charge in [0.2, 0.25) is 0 Å². The second-order valence-electron chi connectivity index (χ2n) is 5.22. The van der Waals surface area contributed by atoms with Crippen molar-refractivity contribution in [3.05, 3.63) is 58.6 Å². The molecule has 1 fully saturated rings. The Morgan fingerprint density at radius 2 is 1.75 bits per heavy atom. The van der Waals surface area contributed by atoms with E-state index < -0.39 is 0 Å². The number of hydrogen-bond donors (Lipinski definition) is 1. The predicted molar refractivity (Wildman–Crippen MR) is 89.4 cm³/mol. The number of rotatable bonds is 4. The molecule has 0 amide bonds. The van der Waals surface area contributed by atoms with Crippen LogP contribution in [0.15, 0.2) is 53.0 Å². The van der Waals surface area contributed by atoms with Gasteiger partial charge < -0.3 is 10.2 Å². The van der Waals surface area contributed by atoms with Gasteiger partial charge in [-0.2, -0.15) is 0 Å². The van der Waals surface area contributed by atoms with Gasteiger partial charge >= 0.3 is 0 Å². The van der Waals surface area contributed by atoms with Crippen LogP contribution in [0, 0.1) is 0 Å². The van der Waals surface area contributed by atoms with Gasteiger partial charge in [0.1, 0.15) is 0 Å². The molecule has 0 aliphatic carbocycles. The van der Waals surface area contributed by atoms with Crippen molar-refractivity contribution in [1.29, 1.82) is 0 Å². The molecule has 1 N–H and O–H groups in total. The number of nitrogens with one attached hydrogen (secondary N) is 1. The lowest BCUT2D eigenvalue weighted by Crippen LogP contribution is -2.17. The Kier molecular flexibility index (Phi) is 4.26. The van der Waals surface area contributed by atoms with Gasteiger partial charge in [-0.15, -0.1) is 0 Å². The van der Waals surface area contributed by atoms with Gasteiger partial charge in [0.15, 0.2) is 0 Å². The van der Waals surface area contributed by atoms with E-state index in [-0.39, 0.29) is 0 Å². The van der Waals surface area contributed by atoms with Crippen LogP contribution in [0.3, 0.4) is 0 Å². The van der Waals surface area contributed by atoms with E-state index in [0.29, 0.717) is 0 Å². The maximum Gasteiger partial charge on any atom is 0.0400 e. The SMILES string of the molecule is Brc1ccc(CNc2cccc(N3CCCC3)c2)cc1. The molecule has 0 spiro atoms. The minimum absolute atomic E-state index is 0.858. The van der Waals surface area contributed by atoms with Crippen molar-refractivity contribution in [2.24, 2.45) is 0 Å². The van der Waals surface area contributed by atoms with E-state index in [9.17, 15) is 0 Å². The van der Waals surface area contributed by atoms with E-state index in [2.05, 4.69) is 74.7 Å². The van der Waals surface area contributed by atoms with E-state index in [4.69, 9.17) is 0 Å². The minimum atomic E-state index is 0.858. The standard InChI is InChI=1S/C17H19BrN2/c18-15-8-6-14(7-9-15)13-19-16-4-3-5-17(12-16)20-10-1-2-11-20/h3-9,12,19H,1-2,10-11,13H2. The van der Waals surface area contributed by atoms with Gasteiger partial charge in [0.25, 0.3) is 0 Å². The first-order valence-electron chi connectivity index (χ1n) is 7.14. The number of anilines is 2. The summed E-state index contributed by atoms with van der Waals surface area (Å²) < 4.78 is 1.12. The topological polar surface area (TPSA) is 15.3 Å². The van der Waals surface area contributed by atoms with E-state index >= 15 is 0 Å². The lowest BCUT2D eigenvalue weighted by atomic mass is 10.2. The molecule has 3 rings (SSSR count). The van der Waals surface area contributed by atoms with Crippen LogP contribution >= 0.6 is 15.9 Å². The van der Waals surface area contributed by atoms with Crippen LogP contribution in [0.25, 0.3) is 0 Å². The van der Waals surface area contributed by atoms with Gasteiger partial charge in [-0.25, -0.2) is 0 Å². The molecule has 2 aromatic rings. The second-order valence-corrected chi connectivity index (χ2v) is 6.14. The number of nitrogens with zero attached hydrogens (tertiary/aromatic N) is 1. The number of benzene rings is 2. The molecule has 3 heteroatoms. The largest absolute Gasteiger partial charge is 0.381 e. The summed E-state index contributed by atoms with van der Waals surface area (Å²) in [5, 5.41) is 3.50. The summed E-state index contributed by atoms with van der Waals surface area (Å²) in [5.74, 6) is 0. The fourth-order valence-electron chi connectivity index (χ4n) is 2.59. The average molecular weight is 331 g/mol. The summed E-state index contributed by atoms with van der Waals surface area (Å²) >= 11 is 3.46. The third-order valence-corrected chi connectivity index (χ3v) is 4.26. The van der Waals surface area contributed by atoms with Crippen molar-refractivity contribution in [2.75, 3.05) is 23.3 Å². The summed E-state index contributed by atoms with van der Waals surface area (Å²) in [4.78, 5) is 2.46. The lowest BCUT2D eigenvalue weighted by Gasteiger charge is -2.18. The molecule has 104 valence electrons. The predicted octanol–water partition coefficient (Wildman–Crippen LogP) is 4.66. The van der Waals surface area contributed by atoms with Crippen LogP contribution in [-0.2, 0) is 6.54 Å². The molecule has 1 saturated heterocycles. The van der Waals surface area contributed by atoms with Gasteiger partial charge in [0, 0.05) is 35.5 Å². The second kappa shape index (κ2) is 6.31. The fourth-order valence-corrected chi connectivity index (χ4v) is 2.86. The van der Waals surface area contributed by atoms with E-state index in [1.165, 1.54) is 42.9 Å². The Bertz CT molecular complexity index is 559.